The van der Waals surface area contributed by atoms with Gasteiger partial charge in [-0.25, -0.2) is 5.84 Å². The van der Waals surface area contributed by atoms with Crippen LogP contribution in [0.3, 0.4) is 0 Å². The lowest BCUT2D eigenvalue weighted by molar-refractivity contribution is -0.137. The maximum atomic E-state index is 15.0. The standard InChI is InChI=1S/C97H187N27O18/c1-58(2)50-65(105)83(128)110-67(33-18-25-43-99)85(130)112-70(36-21-28-46-102)88(133)119-78(55-63(11)12)96(141)122-76(53-61(7)8)94(139)115-69(35-20-27-45-101)87(132)117-73(40-41-80(106)125)91(136)121-75(52-60(5)6)93(138)114-68(34-19-26-44-100)86(131)113-71(37-22-29-47-103)89(134)120-79(56-64(13)14)97(142)123-77(54-62(9)10)95(140)116-72(38-23-30-48-104)90(135)118-74(51-59(3)4)92(137)111-66(32-17-24-42-98)84(129)109-57-82(127)108-49-31-15-16-39-81(126)124-107/h58-79H,15-57,98-105,107H2,1-14H3,(H2,106,125)(H,108,127)(H,109,129)(H,110,128)(H,111,137)(H,112,130)(H,113,131)(H,114,138)(H,115,139)(H,116,140)(H,117,132)(H,118,135)(H,119,133)(H,120,134)(H,121,136)(H,122,141)(H,123,142)(H,124,126)/t65-,66-,67-,68-,69-,70-,71-,72-,73-,74-,75-,76-,77-,78-,79-/m0/s1. The smallest absolute Gasteiger partial charge is 0.243 e. The minimum atomic E-state index is -1.61. The van der Waals surface area contributed by atoms with Gasteiger partial charge in [0.2, 0.25) is 106 Å². The van der Waals surface area contributed by atoms with Gasteiger partial charge in [-0.2, -0.15) is 0 Å². The molecule has 0 aromatic heterocycles. The summed E-state index contributed by atoms with van der Waals surface area (Å²) in [7, 11) is 0. The number of carbonyl (C=O) groups excluding carboxylic acids is 18. The summed E-state index contributed by atoms with van der Waals surface area (Å²) < 4.78 is 0. The Morgan fingerprint density at radius 1 is 0.204 bits per heavy atom. The second kappa shape index (κ2) is 76.7. The van der Waals surface area contributed by atoms with Crippen LogP contribution >= 0.6 is 0 Å². The topological polar surface area (TPSA) is 772 Å². The third-order valence-electron chi connectivity index (χ3n) is 23.5. The summed E-state index contributed by atoms with van der Waals surface area (Å²) in [6.45, 7) is 27.0. The maximum Gasteiger partial charge on any atom is 0.243 e. The average Bonchev–Trinajstić information content (AvgIpc) is 0.854. The summed E-state index contributed by atoms with van der Waals surface area (Å²) in [4.78, 5) is 255. The SMILES string of the molecule is CC(C)C[C@H](NC(=O)[C@H](CCCCN)NC(=O)[C@H](CC(C)C)NC(=O)[C@H](CC(C)C)NC(=O)[C@H](CCCCN)NC(=O)[C@H](CCCCN)NC(=O)[C@H](CC(C)C)NC(=O)[C@H](CCC(N)=O)NC(=O)[C@H](CCCCN)NC(=O)[C@H](CC(C)C)NC(=O)[C@H](CC(C)C)NC(=O)[C@H](CCCCN)NC(=O)[C@H](CCCCN)NC(=O)[C@@H](N)CC(C)C)C(=O)N[C@@H](CCCCN)C(=O)NCC(=O)NCCCCCC(=O)NN. The summed E-state index contributed by atoms with van der Waals surface area (Å²) in [5, 5.41) is 44.2. The van der Waals surface area contributed by atoms with Crippen molar-refractivity contribution in [2.75, 3.05) is 58.9 Å². The van der Waals surface area contributed by atoms with Crippen LogP contribution in [0.5, 0.6) is 0 Å². The van der Waals surface area contributed by atoms with E-state index in [1.54, 1.807) is 41.5 Å². The summed E-state index contributed by atoms with van der Waals surface area (Å²) >= 11 is 0. The molecule has 0 aliphatic carbocycles. The number of hydrogen-bond donors (Lipinski definition) is 27. The number of hydrazine groups is 1. The van der Waals surface area contributed by atoms with E-state index in [-0.39, 0.29) is 196 Å². The van der Waals surface area contributed by atoms with E-state index in [2.05, 4.69) is 90.5 Å². The van der Waals surface area contributed by atoms with Crippen molar-refractivity contribution in [2.24, 2.45) is 98.9 Å². The fraction of sp³-hybridized carbons (Fsp3) is 0.814. The van der Waals surface area contributed by atoms with Gasteiger partial charge in [-0.1, -0.05) is 103 Å². The van der Waals surface area contributed by atoms with Crippen molar-refractivity contribution >= 4 is 106 Å². The molecule has 45 heteroatoms. The quantitative estimate of drug-likeness (QED) is 0.0141. The molecule has 15 atom stereocenters. The van der Waals surface area contributed by atoms with Crippen LogP contribution < -0.4 is 148 Å². The Morgan fingerprint density at radius 2 is 0.401 bits per heavy atom. The highest BCUT2D eigenvalue weighted by molar-refractivity contribution is 6.01. The Kier molecular flexibility index (Phi) is 71.3. The van der Waals surface area contributed by atoms with Crippen molar-refractivity contribution in [3.63, 3.8) is 0 Å². The molecule has 0 saturated carbocycles. The van der Waals surface area contributed by atoms with Crippen molar-refractivity contribution < 1.29 is 86.3 Å². The Morgan fingerprint density at radius 3 is 0.606 bits per heavy atom. The van der Waals surface area contributed by atoms with Gasteiger partial charge in [-0.3, -0.25) is 91.7 Å². The average molecular weight is 2020 g/mol. The zero-order valence-electron chi connectivity index (χ0n) is 87.7. The van der Waals surface area contributed by atoms with E-state index in [1.807, 2.05) is 55.4 Å². The van der Waals surface area contributed by atoms with Gasteiger partial charge in [0.15, 0.2) is 0 Å². The summed E-state index contributed by atoms with van der Waals surface area (Å²) in [6, 6.07) is -19.4. The van der Waals surface area contributed by atoms with Crippen molar-refractivity contribution in [2.45, 2.75) is 406 Å². The molecule has 0 bridgehead atoms. The van der Waals surface area contributed by atoms with Crippen LogP contribution in [0.4, 0.5) is 0 Å². The fourth-order valence-corrected chi connectivity index (χ4v) is 15.8. The first-order valence-corrected chi connectivity index (χ1v) is 51.9. The molecule has 45 nitrogen and oxygen atoms in total. The van der Waals surface area contributed by atoms with Crippen molar-refractivity contribution in [1.29, 1.82) is 0 Å². The van der Waals surface area contributed by atoms with Crippen LogP contribution in [0.15, 0.2) is 0 Å². The molecule has 0 radical (unpaired) electrons. The summed E-state index contributed by atoms with van der Waals surface area (Å²) in [6.07, 6.45) is 7.53. The van der Waals surface area contributed by atoms with Gasteiger partial charge in [0, 0.05) is 19.4 Å². The van der Waals surface area contributed by atoms with Crippen molar-refractivity contribution in [3.05, 3.63) is 0 Å². The molecule has 0 aliphatic heterocycles. The van der Waals surface area contributed by atoms with Crippen LogP contribution in [0, 0.1) is 41.4 Å². The van der Waals surface area contributed by atoms with Crippen LogP contribution in [0.25, 0.3) is 0 Å². The number of rotatable bonds is 82. The minimum absolute atomic E-state index is 0.0141. The number of primary amides is 1. The van der Waals surface area contributed by atoms with Crippen LogP contribution in [-0.4, -0.2) is 256 Å². The van der Waals surface area contributed by atoms with E-state index < -0.39 is 210 Å². The molecule has 0 fully saturated rings. The molecule has 0 aromatic carbocycles. The highest BCUT2D eigenvalue weighted by Crippen LogP contribution is 2.20. The predicted octanol–water partition coefficient (Wildman–Crippen LogP) is -1.63. The normalized spacial score (nSPS) is 14.7. The van der Waals surface area contributed by atoms with E-state index in [0.29, 0.717) is 109 Å². The first-order valence-electron chi connectivity index (χ1n) is 51.9. The number of carbonyl (C=O) groups is 18. The second-order valence-corrected chi connectivity index (χ2v) is 40.3. The van der Waals surface area contributed by atoms with Gasteiger partial charge < -0.3 is 137 Å². The van der Waals surface area contributed by atoms with Gasteiger partial charge >= 0.3 is 0 Å². The van der Waals surface area contributed by atoms with Crippen LogP contribution in [0.1, 0.15) is 315 Å². The second-order valence-electron chi connectivity index (χ2n) is 40.3. The molecule has 0 spiro atoms. The van der Waals surface area contributed by atoms with Gasteiger partial charge in [-0.05, 0) is 286 Å². The zero-order valence-corrected chi connectivity index (χ0v) is 87.7. The Balaban J connectivity index is 7.49. The third-order valence-corrected chi connectivity index (χ3v) is 23.5. The van der Waals surface area contributed by atoms with E-state index in [0.717, 1.165) is 0 Å². The first kappa shape index (κ1) is 132. The molecular formula is C97H187N27O18. The maximum absolute atomic E-state index is 15.0. The molecule has 0 saturated heterocycles. The summed E-state index contributed by atoms with van der Waals surface area (Å²) in [5.41, 5.74) is 55.1. The van der Waals surface area contributed by atoms with Crippen molar-refractivity contribution in [1.82, 2.24) is 90.5 Å². The first-order chi connectivity index (χ1) is 67.1. The Bertz CT molecular complexity index is 3770. The molecule has 0 rings (SSSR count). The van der Waals surface area contributed by atoms with E-state index >= 15 is 0 Å². The number of amides is 18. The largest absolute Gasteiger partial charge is 0.370 e. The molecule has 0 aromatic rings. The lowest BCUT2D eigenvalue weighted by Crippen LogP contribution is -2.61. The van der Waals surface area contributed by atoms with Crippen molar-refractivity contribution in [3.8, 4) is 0 Å². The molecule has 142 heavy (non-hydrogen) atoms. The molecule has 18 amide bonds. The summed E-state index contributed by atoms with van der Waals surface area (Å²) in [5.74, 6) is -9.55. The fourth-order valence-electron chi connectivity index (χ4n) is 15.8. The van der Waals surface area contributed by atoms with E-state index in [4.69, 9.17) is 57.4 Å². The van der Waals surface area contributed by atoms with Gasteiger partial charge in [0.05, 0.1) is 12.6 Å². The van der Waals surface area contributed by atoms with E-state index in [1.165, 1.54) is 0 Å². The lowest BCUT2D eigenvalue weighted by Gasteiger charge is -2.30. The number of unbranched alkanes of at least 4 members (excludes halogenated alkanes) is 9. The lowest BCUT2D eigenvalue weighted by atomic mass is 9.98. The molecule has 0 aliphatic rings. The molecular weight excluding hydrogens is 1830 g/mol. The minimum Gasteiger partial charge on any atom is -0.370 e. The predicted molar refractivity (Wildman–Crippen MR) is 547 cm³/mol. The Labute approximate surface area is 842 Å². The molecule has 0 heterocycles. The van der Waals surface area contributed by atoms with Gasteiger partial charge in [0.25, 0.3) is 0 Å². The van der Waals surface area contributed by atoms with Gasteiger partial charge in [-0.15, -0.1) is 0 Å². The Hall–Kier alpha value is -9.90. The molecule has 0 unspecified atom stereocenters. The third kappa shape index (κ3) is 60.0. The van der Waals surface area contributed by atoms with Crippen LogP contribution in [0.2, 0.25) is 0 Å². The highest BCUT2D eigenvalue weighted by atomic mass is 16.2. The zero-order chi connectivity index (χ0) is 108. The van der Waals surface area contributed by atoms with Gasteiger partial charge in [0.1, 0.15) is 84.6 Å². The number of nitrogens with two attached hydrogens (primary N) is 10. The molecule has 37 N–H and O–H groups in total. The molecule has 818 valence electrons. The van der Waals surface area contributed by atoms with E-state index in [9.17, 15) is 86.3 Å². The number of hydrogen-bond acceptors (Lipinski definition) is 27. The monoisotopic (exact) mass is 2020 g/mol. The highest BCUT2D eigenvalue weighted by Gasteiger charge is 2.40. The van der Waals surface area contributed by atoms with Crippen LogP contribution in [-0.2, 0) is 86.3 Å². The number of nitrogens with one attached hydrogen (secondary N) is 17.